The molecular weight excluding hydrogens is 248 g/mol. The molecule has 0 radical (unpaired) electrons. The zero-order valence-corrected chi connectivity index (χ0v) is 10.6. The molecule has 1 aromatic rings. The first kappa shape index (κ1) is 9.89. The number of fused-ring (bicyclic) bond motifs is 1. The first-order valence-corrected chi connectivity index (χ1v) is 6.89. The third kappa shape index (κ3) is 1.87. The van der Waals surface area contributed by atoms with Gasteiger partial charge in [-0.3, -0.25) is 0 Å². The Labute approximate surface area is 100 Å². The molecule has 0 spiro atoms. The smallest absolute Gasteiger partial charge is 0.0178 e. The molecule has 0 aromatic heterocycles. The fourth-order valence-electron chi connectivity index (χ4n) is 3.38. The van der Waals surface area contributed by atoms with Gasteiger partial charge in [0.15, 0.2) is 0 Å². The first-order valence-electron chi connectivity index (χ1n) is 6.10. The number of benzene rings is 1. The fourth-order valence-corrected chi connectivity index (χ4v) is 3.79. The molecular formula is C14H17Br. The lowest BCUT2D eigenvalue weighted by molar-refractivity contribution is 0.353. The molecule has 1 atom stereocenters. The highest BCUT2D eigenvalue weighted by Crippen LogP contribution is 2.40. The van der Waals surface area contributed by atoms with Crippen molar-refractivity contribution in [1.29, 1.82) is 0 Å². The second kappa shape index (κ2) is 3.93. The van der Waals surface area contributed by atoms with E-state index >= 15 is 0 Å². The molecule has 2 aliphatic carbocycles. The lowest BCUT2D eigenvalue weighted by atomic mass is 9.88. The summed E-state index contributed by atoms with van der Waals surface area (Å²) in [4.78, 5) is 0. The van der Waals surface area contributed by atoms with Crippen molar-refractivity contribution >= 4 is 15.9 Å². The molecule has 80 valence electrons. The maximum absolute atomic E-state index is 3.57. The Hall–Kier alpha value is -0.300. The number of rotatable bonds is 1. The van der Waals surface area contributed by atoms with Crippen LogP contribution in [-0.4, -0.2) is 0 Å². The molecule has 0 nitrogen and oxygen atoms in total. The van der Waals surface area contributed by atoms with Crippen molar-refractivity contribution in [2.24, 2.45) is 11.8 Å². The van der Waals surface area contributed by atoms with E-state index in [-0.39, 0.29) is 0 Å². The van der Waals surface area contributed by atoms with E-state index in [9.17, 15) is 0 Å². The summed E-state index contributed by atoms with van der Waals surface area (Å²) in [6, 6.07) is 6.83. The Kier molecular flexibility index (Phi) is 2.59. The van der Waals surface area contributed by atoms with Gasteiger partial charge in [-0.05, 0) is 47.9 Å². The van der Waals surface area contributed by atoms with Crippen LogP contribution >= 0.6 is 15.9 Å². The van der Waals surface area contributed by atoms with E-state index in [1.165, 1.54) is 43.0 Å². The predicted octanol–water partition coefficient (Wildman–Crippen LogP) is 4.35. The summed E-state index contributed by atoms with van der Waals surface area (Å²) in [7, 11) is 0. The van der Waals surface area contributed by atoms with Crippen LogP contribution in [0.4, 0.5) is 0 Å². The third-order valence-corrected chi connectivity index (χ3v) is 4.69. The molecule has 1 heteroatoms. The number of hydrogen-bond acceptors (Lipinski definition) is 0. The van der Waals surface area contributed by atoms with Crippen molar-refractivity contribution in [2.75, 3.05) is 0 Å². The molecule has 2 aliphatic rings. The average molecular weight is 265 g/mol. The standard InChI is InChI=1S/C14H17Br/c15-14-6-5-11-7-12(8-13(11)9-14)10-3-1-2-4-10/h5-6,9-10,12H,1-4,7-8H2. The van der Waals surface area contributed by atoms with Gasteiger partial charge in [0.25, 0.3) is 0 Å². The van der Waals surface area contributed by atoms with Gasteiger partial charge < -0.3 is 0 Å². The molecule has 0 saturated heterocycles. The Balaban J connectivity index is 1.79. The van der Waals surface area contributed by atoms with Gasteiger partial charge >= 0.3 is 0 Å². The molecule has 1 aromatic carbocycles. The maximum Gasteiger partial charge on any atom is 0.0178 e. The van der Waals surface area contributed by atoms with E-state index in [2.05, 4.69) is 34.1 Å². The van der Waals surface area contributed by atoms with Crippen molar-refractivity contribution in [3.05, 3.63) is 33.8 Å². The minimum Gasteiger partial charge on any atom is -0.0576 e. The van der Waals surface area contributed by atoms with Crippen LogP contribution in [0.5, 0.6) is 0 Å². The van der Waals surface area contributed by atoms with Gasteiger partial charge in [0.1, 0.15) is 0 Å². The van der Waals surface area contributed by atoms with Crippen molar-refractivity contribution in [3.8, 4) is 0 Å². The van der Waals surface area contributed by atoms with Crippen LogP contribution in [0.15, 0.2) is 22.7 Å². The quantitative estimate of drug-likeness (QED) is 0.708. The van der Waals surface area contributed by atoms with Crippen molar-refractivity contribution in [2.45, 2.75) is 38.5 Å². The highest BCUT2D eigenvalue weighted by Gasteiger charge is 2.30. The molecule has 1 fully saturated rings. The van der Waals surface area contributed by atoms with Crippen molar-refractivity contribution in [1.82, 2.24) is 0 Å². The van der Waals surface area contributed by atoms with Crippen LogP contribution in [0.2, 0.25) is 0 Å². The molecule has 0 heterocycles. The van der Waals surface area contributed by atoms with Gasteiger partial charge in [0.05, 0.1) is 0 Å². The Morgan fingerprint density at radius 3 is 2.47 bits per heavy atom. The topological polar surface area (TPSA) is 0 Å². The summed E-state index contributed by atoms with van der Waals surface area (Å²) < 4.78 is 1.24. The molecule has 0 amide bonds. The Morgan fingerprint density at radius 2 is 1.67 bits per heavy atom. The molecule has 1 saturated carbocycles. The molecule has 0 N–H and O–H groups in total. The zero-order chi connectivity index (χ0) is 10.3. The lowest BCUT2D eigenvalue weighted by Gasteiger charge is -2.16. The van der Waals surface area contributed by atoms with Crippen LogP contribution in [0.1, 0.15) is 36.8 Å². The summed E-state index contributed by atoms with van der Waals surface area (Å²) in [5, 5.41) is 0. The summed E-state index contributed by atoms with van der Waals surface area (Å²) >= 11 is 3.57. The van der Waals surface area contributed by atoms with Crippen molar-refractivity contribution < 1.29 is 0 Å². The fraction of sp³-hybridized carbons (Fsp3) is 0.571. The SMILES string of the molecule is Brc1ccc2c(c1)CC(C1CCCC1)C2. The largest absolute Gasteiger partial charge is 0.0576 e. The van der Waals surface area contributed by atoms with Crippen LogP contribution in [0.3, 0.4) is 0 Å². The van der Waals surface area contributed by atoms with Gasteiger partial charge in [-0.15, -0.1) is 0 Å². The molecule has 3 rings (SSSR count). The number of halogens is 1. The first-order chi connectivity index (χ1) is 7.33. The van der Waals surface area contributed by atoms with Gasteiger partial charge in [-0.1, -0.05) is 47.7 Å². The van der Waals surface area contributed by atoms with Crippen LogP contribution in [0.25, 0.3) is 0 Å². The predicted molar refractivity (Wildman–Crippen MR) is 67.0 cm³/mol. The van der Waals surface area contributed by atoms with E-state index in [0.717, 1.165) is 11.8 Å². The third-order valence-electron chi connectivity index (χ3n) is 4.20. The van der Waals surface area contributed by atoms with E-state index in [4.69, 9.17) is 0 Å². The Morgan fingerprint density at radius 1 is 0.933 bits per heavy atom. The monoisotopic (exact) mass is 264 g/mol. The maximum atomic E-state index is 3.57. The van der Waals surface area contributed by atoms with E-state index < -0.39 is 0 Å². The van der Waals surface area contributed by atoms with Crippen molar-refractivity contribution in [3.63, 3.8) is 0 Å². The van der Waals surface area contributed by atoms with Gasteiger partial charge in [-0.25, -0.2) is 0 Å². The molecule has 0 aliphatic heterocycles. The summed E-state index contributed by atoms with van der Waals surface area (Å²) in [6.07, 6.45) is 8.59. The second-order valence-corrected chi connectivity index (χ2v) is 6.04. The van der Waals surface area contributed by atoms with Gasteiger partial charge in [0, 0.05) is 4.47 Å². The number of hydrogen-bond donors (Lipinski definition) is 0. The average Bonchev–Trinajstić information content (AvgIpc) is 2.84. The minimum atomic E-state index is 0.955. The summed E-state index contributed by atoms with van der Waals surface area (Å²) in [5.41, 5.74) is 3.20. The van der Waals surface area contributed by atoms with Gasteiger partial charge in [-0.2, -0.15) is 0 Å². The second-order valence-electron chi connectivity index (χ2n) is 5.13. The van der Waals surface area contributed by atoms with E-state index in [0.29, 0.717) is 0 Å². The van der Waals surface area contributed by atoms with Crippen LogP contribution < -0.4 is 0 Å². The lowest BCUT2D eigenvalue weighted by Crippen LogP contribution is -2.11. The van der Waals surface area contributed by atoms with E-state index in [1.54, 1.807) is 11.1 Å². The molecule has 1 unspecified atom stereocenters. The Bertz CT molecular complexity index is 364. The van der Waals surface area contributed by atoms with Crippen LogP contribution in [-0.2, 0) is 12.8 Å². The molecule has 0 bridgehead atoms. The highest BCUT2D eigenvalue weighted by atomic mass is 79.9. The highest BCUT2D eigenvalue weighted by molar-refractivity contribution is 9.10. The zero-order valence-electron chi connectivity index (χ0n) is 9.01. The van der Waals surface area contributed by atoms with E-state index in [1.807, 2.05) is 0 Å². The summed E-state index contributed by atoms with van der Waals surface area (Å²) in [5.74, 6) is 1.98. The minimum absolute atomic E-state index is 0.955. The molecule has 15 heavy (non-hydrogen) atoms. The van der Waals surface area contributed by atoms with Crippen LogP contribution in [0, 0.1) is 11.8 Å². The normalized spacial score (nSPS) is 25.8. The van der Waals surface area contributed by atoms with Gasteiger partial charge in [0.2, 0.25) is 0 Å². The summed E-state index contributed by atoms with van der Waals surface area (Å²) in [6.45, 7) is 0.